The predicted octanol–water partition coefficient (Wildman–Crippen LogP) is 2.68. The SMILES string of the molecule is CCOC1CC(NC2CSCC(C)(C)C2)C1. The third-order valence-corrected chi connectivity index (χ3v) is 5.20. The van der Waals surface area contributed by atoms with Crippen molar-refractivity contribution in [1.82, 2.24) is 5.32 Å². The first-order valence-corrected chi connectivity index (χ1v) is 7.70. The number of ether oxygens (including phenoxy) is 1. The molecule has 16 heavy (non-hydrogen) atoms. The normalized spacial score (nSPS) is 38.1. The molecule has 2 aliphatic rings. The molecule has 0 aromatic rings. The lowest BCUT2D eigenvalue weighted by atomic mass is 9.85. The van der Waals surface area contributed by atoms with E-state index >= 15 is 0 Å². The second-order valence-electron chi connectivity index (χ2n) is 5.99. The molecule has 2 nitrogen and oxygen atoms in total. The van der Waals surface area contributed by atoms with E-state index in [9.17, 15) is 0 Å². The van der Waals surface area contributed by atoms with Gasteiger partial charge in [0.25, 0.3) is 0 Å². The smallest absolute Gasteiger partial charge is 0.0604 e. The predicted molar refractivity (Wildman–Crippen MR) is 71.1 cm³/mol. The van der Waals surface area contributed by atoms with Crippen LogP contribution in [0.4, 0.5) is 0 Å². The molecule has 0 amide bonds. The Morgan fingerprint density at radius 2 is 2.06 bits per heavy atom. The van der Waals surface area contributed by atoms with Gasteiger partial charge in [0.05, 0.1) is 6.10 Å². The first kappa shape index (κ1) is 12.7. The van der Waals surface area contributed by atoms with Gasteiger partial charge in [-0.2, -0.15) is 11.8 Å². The minimum atomic E-state index is 0.518. The van der Waals surface area contributed by atoms with Crippen LogP contribution in [0.3, 0.4) is 0 Å². The van der Waals surface area contributed by atoms with Gasteiger partial charge in [-0.3, -0.25) is 0 Å². The topological polar surface area (TPSA) is 21.3 Å². The molecule has 1 unspecified atom stereocenters. The maximum absolute atomic E-state index is 5.59. The van der Waals surface area contributed by atoms with Crippen LogP contribution in [0.25, 0.3) is 0 Å². The molecule has 94 valence electrons. The fraction of sp³-hybridized carbons (Fsp3) is 1.00. The molecule has 1 heterocycles. The van der Waals surface area contributed by atoms with Crippen molar-refractivity contribution in [2.75, 3.05) is 18.1 Å². The minimum absolute atomic E-state index is 0.518. The highest BCUT2D eigenvalue weighted by Gasteiger charge is 2.34. The summed E-state index contributed by atoms with van der Waals surface area (Å²) in [4.78, 5) is 0. The molecule has 0 spiro atoms. The lowest BCUT2D eigenvalue weighted by Crippen LogP contribution is -2.52. The van der Waals surface area contributed by atoms with Crippen LogP contribution < -0.4 is 5.32 Å². The first-order valence-electron chi connectivity index (χ1n) is 6.54. The molecular weight excluding hydrogens is 218 g/mol. The van der Waals surface area contributed by atoms with Gasteiger partial charge in [0.2, 0.25) is 0 Å². The summed E-state index contributed by atoms with van der Waals surface area (Å²) in [5.41, 5.74) is 0.518. The van der Waals surface area contributed by atoms with E-state index in [2.05, 4.69) is 37.8 Å². The van der Waals surface area contributed by atoms with Gasteiger partial charge in [0.15, 0.2) is 0 Å². The first-order chi connectivity index (χ1) is 7.59. The minimum Gasteiger partial charge on any atom is -0.378 e. The summed E-state index contributed by atoms with van der Waals surface area (Å²) in [5, 5.41) is 3.80. The van der Waals surface area contributed by atoms with Gasteiger partial charge in [-0.15, -0.1) is 0 Å². The van der Waals surface area contributed by atoms with Gasteiger partial charge in [0.1, 0.15) is 0 Å². The third kappa shape index (κ3) is 3.38. The van der Waals surface area contributed by atoms with Crippen LogP contribution in [0, 0.1) is 5.41 Å². The molecule has 0 aromatic heterocycles. The van der Waals surface area contributed by atoms with Gasteiger partial charge in [-0.1, -0.05) is 13.8 Å². The van der Waals surface area contributed by atoms with Crippen molar-refractivity contribution in [2.24, 2.45) is 5.41 Å². The highest BCUT2D eigenvalue weighted by atomic mass is 32.2. The number of nitrogens with one attached hydrogen (secondary N) is 1. The zero-order valence-electron chi connectivity index (χ0n) is 10.8. The van der Waals surface area contributed by atoms with Gasteiger partial charge in [-0.05, 0) is 37.4 Å². The van der Waals surface area contributed by atoms with Crippen molar-refractivity contribution in [2.45, 2.75) is 58.2 Å². The zero-order valence-corrected chi connectivity index (χ0v) is 11.6. The highest BCUT2D eigenvalue weighted by molar-refractivity contribution is 7.99. The Balaban J connectivity index is 1.67. The lowest BCUT2D eigenvalue weighted by Gasteiger charge is -2.42. The quantitative estimate of drug-likeness (QED) is 0.820. The van der Waals surface area contributed by atoms with E-state index in [1.165, 1.54) is 30.8 Å². The van der Waals surface area contributed by atoms with Crippen LogP contribution in [0.1, 0.15) is 40.0 Å². The largest absolute Gasteiger partial charge is 0.378 e. The number of hydrogen-bond donors (Lipinski definition) is 1. The van der Waals surface area contributed by atoms with Crippen molar-refractivity contribution in [3.63, 3.8) is 0 Å². The summed E-state index contributed by atoms with van der Waals surface area (Å²) < 4.78 is 5.59. The second kappa shape index (κ2) is 5.28. The average molecular weight is 243 g/mol. The van der Waals surface area contributed by atoms with Gasteiger partial charge >= 0.3 is 0 Å². The summed E-state index contributed by atoms with van der Waals surface area (Å²) in [5.74, 6) is 2.61. The summed E-state index contributed by atoms with van der Waals surface area (Å²) in [6, 6.07) is 1.44. The number of hydrogen-bond acceptors (Lipinski definition) is 3. The van der Waals surface area contributed by atoms with Crippen molar-refractivity contribution in [1.29, 1.82) is 0 Å². The molecule has 1 saturated heterocycles. The lowest BCUT2D eigenvalue weighted by molar-refractivity contribution is -0.0128. The van der Waals surface area contributed by atoms with E-state index in [0.717, 1.165) is 18.7 Å². The van der Waals surface area contributed by atoms with Crippen molar-refractivity contribution < 1.29 is 4.74 Å². The number of rotatable bonds is 4. The van der Waals surface area contributed by atoms with Crippen LogP contribution >= 0.6 is 11.8 Å². The van der Waals surface area contributed by atoms with Gasteiger partial charge in [-0.25, -0.2) is 0 Å². The fourth-order valence-electron chi connectivity index (χ4n) is 2.78. The molecule has 1 aliphatic carbocycles. The molecule has 1 N–H and O–H groups in total. The van der Waals surface area contributed by atoms with E-state index in [0.29, 0.717) is 11.5 Å². The molecule has 1 saturated carbocycles. The van der Waals surface area contributed by atoms with Gasteiger partial charge in [0, 0.05) is 24.4 Å². The Labute approximate surface area is 104 Å². The van der Waals surface area contributed by atoms with Crippen molar-refractivity contribution in [3.8, 4) is 0 Å². The maximum atomic E-state index is 5.59. The summed E-state index contributed by atoms with van der Waals surface area (Å²) in [7, 11) is 0. The van der Waals surface area contributed by atoms with E-state index in [1.807, 2.05) is 0 Å². The van der Waals surface area contributed by atoms with Crippen LogP contribution in [0.5, 0.6) is 0 Å². The van der Waals surface area contributed by atoms with Crippen LogP contribution in [-0.4, -0.2) is 36.3 Å². The van der Waals surface area contributed by atoms with E-state index < -0.39 is 0 Å². The van der Waals surface area contributed by atoms with E-state index in [4.69, 9.17) is 4.74 Å². The number of thioether (sulfide) groups is 1. The Hall–Kier alpha value is 0.270. The van der Waals surface area contributed by atoms with E-state index in [1.54, 1.807) is 0 Å². The molecule has 0 aromatic carbocycles. The van der Waals surface area contributed by atoms with Crippen molar-refractivity contribution >= 4 is 11.8 Å². The Morgan fingerprint density at radius 3 is 2.69 bits per heavy atom. The van der Waals surface area contributed by atoms with Crippen molar-refractivity contribution in [3.05, 3.63) is 0 Å². The molecule has 2 fully saturated rings. The standard InChI is InChI=1S/C13H25NOS/c1-4-15-12-5-10(6-12)14-11-7-13(2,3)9-16-8-11/h10-12,14H,4-9H2,1-3H3. The molecule has 0 radical (unpaired) electrons. The summed E-state index contributed by atoms with van der Waals surface area (Å²) in [6.45, 7) is 7.72. The summed E-state index contributed by atoms with van der Waals surface area (Å²) in [6.07, 6.45) is 4.30. The molecule has 3 heteroatoms. The maximum Gasteiger partial charge on any atom is 0.0604 e. The molecule has 2 rings (SSSR count). The van der Waals surface area contributed by atoms with E-state index in [-0.39, 0.29) is 0 Å². The Kier molecular flexibility index (Phi) is 4.20. The Morgan fingerprint density at radius 1 is 1.31 bits per heavy atom. The fourth-order valence-corrected chi connectivity index (χ4v) is 4.06. The summed E-state index contributed by atoms with van der Waals surface area (Å²) >= 11 is 2.10. The van der Waals surface area contributed by atoms with Crippen LogP contribution in [-0.2, 0) is 4.74 Å². The molecule has 0 bridgehead atoms. The monoisotopic (exact) mass is 243 g/mol. The average Bonchev–Trinajstić information content (AvgIpc) is 2.13. The highest BCUT2D eigenvalue weighted by Crippen LogP contribution is 2.34. The van der Waals surface area contributed by atoms with Crippen LogP contribution in [0.2, 0.25) is 0 Å². The molecule has 1 aliphatic heterocycles. The second-order valence-corrected chi connectivity index (χ2v) is 7.02. The third-order valence-electron chi connectivity index (χ3n) is 3.58. The Bertz CT molecular complexity index is 226. The van der Waals surface area contributed by atoms with Gasteiger partial charge < -0.3 is 10.1 Å². The molecule has 1 atom stereocenters. The van der Waals surface area contributed by atoms with Crippen LogP contribution in [0.15, 0.2) is 0 Å². The molecular formula is C13H25NOS. The zero-order chi connectivity index (χ0) is 11.6.